The molecule has 1 N–H and O–H groups in total. The van der Waals surface area contributed by atoms with Gasteiger partial charge in [-0.3, -0.25) is 9.59 Å². The van der Waals surface area contributed by atoms with Crippen LogP contribution in [0.4, 0.5) is 5.82 Å². The predicted molar refractivity (Wildman–Crippen MR) is 129 cm³/mol. The van der Waals surface area contributed by atoms with Gasteiger partial charge in [0.25, 0.3) is 5.56 Å². The number of rotatable bonds is 8. The maximum absolute atomic E-state index is 13.1. The quantitative estimate of drug-likeness (QED) is 0.307. The number of carbonyl (C=O) groups excluding carboxylic acids is 1. The average Bonchev–Trinajstić information content (AvgIpc) is 2.84. The zero-order valence-electron chi connectivity index (χ0n) is 18.5. The number of hydrogen-bond acceptors (Lipinski definition) is 6. The molecule has 2 aromatic carbocycles. The summed E-state index contributed by atoms with van der Waals surface area (Å²) in [5.41, 5.74) is 2.05. The van der Waals surface area contributed by atoms with Crippen LogP contribution in [0.15, 0.2) is 71.1 Å². The molecule has 0 bridgehead atoms. The highest BCUT2D eigenvalue weighted by atomic mass is 32.2. The second-order valence-electron chi connectivity index (χ2n) is 7.61. The van der Waals surface area contributed by atoms with E-state index in [1.807, 2.05) is 49.5 Å². The van der Waals surface area contributed by atoms with Crippen LogP contribution < -0.4 is 20.3 Å². The fourth-order valence-electron chi connectivity index (χ4n) is 3.84. The lowest BCUT2D eigenvalue weighted by Crippen LogP contribution is -2.33. The third kappa shape index (κ3) is 4.80. The minimum Gasteiger partial charge on any atom is -0.493 e. The Morgan fingerprint density at radius 1 is 1.21 bits per heavy atom. The van der Waals surface area contributed by atoms with E-state index in [-0.39, 0.29) is 17.9 Å². The summed E-state index contributed by atoms with van der Waals surface area (Å²) in [5.74, 6) is 1.66. The van der Waals surface area contributed by atoms with E-state index >= 15 is 0 Å². The summed E-state index contributed by atoms with van der Waals surface area (Å²) in [7, 11) is 3.37. The Bertz CT molecular complexity index is 1240. The number of hydrogen-bond donors (Lipinski definition) is 1. The first-order valence-corrected chi connectivity index (χ1v) is 11.5. The van der Waals surface area contributed by atoms with E-state index < -0.39 is 5.92 Å². The molecule has 0 saturated carbocycles. The molecular weight excluding hydrogens is 438 g/mol. The number of aromatic nitrogens is 2. The average molecular weight is 464 g/mol. The molecule has 3 aromatic rings. The topological polar surface area (TPSA) is 82.5 Å². The molecule has 2 heterocycles. The summed E-state index contributed by atoms with van der Waals surface area (Å²) < 4.78 is 12.9. The molecule has 4 rings (SSSR count). The van der Waals surface area contributed by atoms with Gasteiger partial charge >= 0.3 is 0 Å². The Morgan fingerprint density at radius 2 is 2.00 bits per heavy atom. The molecule has 7 nitrogen and oxygen atoms in total. The van der Waals surface area contributed by atoms with Crippen molar-refractivity contribution in [2.45, 2.75) is 23.2 Å². The molecule has 0 fully saturated rings. The van der Waals surface area contributed by atoms with Gasteiger partial charge in [0, 0.05) is 25.1 Å². The van der Waals surface area contributed by atoms with E-state index in [1.165, 1.54) is 11.8 Å². The highest BCUT2D eigenvalue weighted by molar-refractivity contribution is 7.98. The second kappa shape index (κ2) is 9.95. The molecule has 1 aromatic heterocycles. The number of fused-ring (bicyclic) bond motifs is 1. The van der Waals surface area contributed by atoms with Gasteiger partial charge in [0.15, 0.2) is 16.7 Å². The van der Waals surface area contributed by atoms with Gasteiger partial charge < -0.3 is 19.4 Å². The SMILES string of the molecule is C=CCOc1ccc(C2CC(=O)Nc3c2c(=O)nc(SCc2ccccc2)n3C)cc1OC. The predicted octanol–water partition coefficient (Wildman–Crippen LogP) is 4.12. The fraction of sp³-hybridized carbons (Fsp3) is 0.240. The van der Waals surface area contributed by atoms with Crippen LogP contribution >= 0.6 is 11.8 Å². The molecule has 1 aliphatic rings. The van der Waals surface area contributed by atoms with Crippen LogP contribution in [0, 0.1) is 0 Å². The summed E-state index contributed by atoms with van der Waals surface area (Å²) in [6.07, 6.45) is 1.80. The van der Waals surface area contributed by atoms with E-state index in [1.54, 1.807) is 23.8 Å². The summed E-state index contributed by atoms with van der Waals surface area (Å²) in [6.45, 7) is 4.00. The zero-order valence-corrected chi connectivity index (χ0v) is 19.4. The number of benzene rings is 2. The normalized spacial score (nSPS) is 14.8. The minimum absolute atomic E-state index is 0.149. The zero-order chi connectivity index (χ0) is 23.4. The smallest absolute Gasteiger partial charge is 0.279 e. The number of thioether (sulfide) groups is 1. The fourth-order valence-corrected chi connectivity index (χ4v) is 4.76. The largest absolute Gasteiger partial charge is 0.493 e. The highest BCUT2D eigenvalue weighted by Gasteiger charge is 2.32. The van der Waals surface area contributed by atoms with Crippen LogP contribution in [0.3, 0.4) is 0 Å². The molecule has 1 aliphatic heterocycles. The Morgan fingerprint density at radius 3 is 2.73 bits per heavy atom. The summed E-state index contributed by atoms with van der Waals surface area (Å²) in [6, 6.07) is 15.4. The summed E-state index contributed by atoms with van der Waals surface area (Å²) in [5, 5.41) is 3.43. The van der Waals surface area contributed by atoms with Gasteiger partial charge in [-0.25, -0.2) is 0 Å². The molecule has 33 heavy (non-hydrogen) atoms. The van der Waals surface area contributed by atoms with Gasteiger partial charge in [-0.05, 0) is 23.3 Å². The molecular formula is C25H25N3O4S. The molecule has 0 aliphatic carbocycles. The van der Waals surface area contributed by atoms with Gasteiger partial charge in [-0.15, -0.1) is 0 Å². The number of anilines is 1. The van der Waals surface area contributed by atoms with Gasteiger partial charge in [0.05, 0.1) is 12.7 Å². The Labute approximate surface area is 196 Å². The van der Waals surface area contributed by atoms with Crippen LogP contribution in [0.5, 0.6) is 11.5 Å². The molecule has 1 atom stereocenters. The lowest BCUT2D eigenvalue weighted by Gasteiger charge is -2.28. The first-order chi connectivity index (χ1) is 16.0. The van der Waals surface area contributed by atoms with Crippen molar-refractivity contribution in [2.24, 2.45) is 7.05 Å². The first kappa shape index (κ1) is 22.7. The van der Waals surface area contributed by atoms with Crippen molar-refractivity contribution in [3.63, 3.8) is 0 Å². The standard InChI is InChI=1S/C25H25N3O4S/c1-4-12-32-19-11-10-17(13-20(19)31-3)18-14-21(29)26-23-22(18)24(30)27-25(28(23)2)33-15-16-8-6-5-7-9-16/h4-11,13,18H,1,12,14-15H2,2-3H3,(H,26,29). The van der Waals surface area contributed by atoms with Gasteiger partial charge in [-0.1, -0.05) is 60.8 Å². The molecule has 0 radical (unpaired) electrons. The van der Waals surface area contributed by atoms with Gasteiger partial charge in [0.1, 0.15) is 12.4 Å². The van der Waals surface area contributed by atoms with Crippen LogP contribution in [0.1, 0.15) is 29.0 Å². The lowest BCUT2D eigenvalue weighted by atomic mass is 9.86. The molecule has 1 amide bonds. The number of carbonyl (C=O) groups is 1. The van der Waals surface area contributed by atoms with Crippen molar-refractivity contribution in [1.29, 1.82) is 0 Å². The third-order valence-corrected chi connectivity index (χ3v) is 6.56. The molecule has 0 spiro atoms. The highest BCUT2D eigenvalue weighted by Crippen LogP contribution is 2.39. The van der Waals surface area contributed by atoms with Crippen molar-refractivity contribution in [2.75, 3.05) is 19.0 Å². The molecule has 8 heteroatoms. The summed E-state index contributed by atoms with van der Waals surface area (Å²) >= 11 is 1.46. The first-order valence-electron chi connectivity index (χ1n) is 10.5. The van der Waals surface area contributed by atoms with E-state index in [0.29, 0.717) is 40.4 Å². The van der Waals surface area contributed by atoms with Gasteiger partial charge in [-0.2, -0.15) is 4.98 Å². The number of amides is 1. The van der Waals surface area contributed by atoms with Crippen molar-refractivity contribution >= 4 is 23.5 Å². The number of nitrogens with zero attached hydrogens (tertiary/aromatic N) is 2. The molecule has 170 valence electrons. The lowest BCUT2D eigenvalue weighted by molar-refractivity contribution is -0.116. The second-order valence-corrected chi connectivity index (χ2v) is 8.55. The molecule has 1 unspecified atom stereocenters. The van der Waals surface area contributed by atoms with E-state index in [4.69, 9.17) is 9.47 Å². The maximum atomic E-state index is 13.1. The Hall–Kier alpha value is -3.52. The summed E-state index contributed by atoms with van der Waals surface area (Å²) in [4.78, 5) is 30.1. The van der Waals surface area contributed by atoms with Crippen LogP contribution in [0.25, 0.3) is 0 Å². The van der Waals surface area contributed by atoms with Gasteiger partial charge in [0.2, 0.25) is 5.91 Å². The van der Waals surface area contributed by atoms with Crippen molar-refractivity contribution in [3.8, 4) is 11.5 Å². The van der Waals surface area contributed by atoms with E-state index in [2.05, 4.69) is 16.9 Å². The number of methoxy groups -OCH3 is 1. The van der Waals surface area contributed by atoms with Crippen LogP contribution in [-0.2, 0) is 17.6 Å². The van der Waals surface area contributed by atoms with Crippen LogP contribution in [0.2, 0.25) is 0 Å². The monoisotopic (exact) mass is 463 g/mol. The number of nitrogens with one attached hydrogen (secondary N) is 1. The van der Waals surface area contributed by atoms with Crippen LogP contribution in [-0.4, -0.2) is 29.2 Å². The van der Waals surface area contributed by atoms with Crippen molar-refractivity contribution < 1.29 is 14.3 Å². The third-order valence-electron chi connectivity index (χ3n) is 5.46. The number of ether oxygens (including phenoxy) is 2. The minimum atomic E-state index is -0.435. The Kier molecular flexibility index (Phi) is 6.84. The molecule has 0 saturated heterocycles. The van der Waals surface area contributed by atoms with E-state index in [0.717, 1.165) is 11.1 Å². The van der Waals surface area contributed by atoms with Crippen molar-refractivity contribution in [3.05, 3.63) is 88.2 Å². The Balaban J connectivity index is 1.70. The van der Waals surface area contributed by atoms with Crippen molar-refractivity contribution in [1.82, 2.24) is 9.55 Å². The maximum Gasteiger partial charge on any atom is 0.279 e. The van der Waals surface area contributed by atoms with E-state index in [9.17, 15) is 9.59 Å².